The number of aromatic nitrogens is 2. The Hall–Kier alpha value is -1.86. The van der Waals surface area contributed by atoms with Crippen LogP contribution in [-0.4, -0.2) is 33.8 Å². The van der Waals surface area contributed by atoms with Crippen molar-refractivity contribution < 1.29 is 9.90 Å². The molecule has 3 N–H and O–H groups in total. The van der Waals surface area contributed by atoms with E-state index in [0.717, 1.165) is 30.8 Å². The van der Waals surface area contributed by atoms with E-state index in [4.69, 9.17) is 0 Å². The van der Waals surface area contributed by atoms with Crippen LogP contribution >= 0.6 is 11.3 Å². The first-order chi connectivity index (χ1) is 10.7. The lowest BCUT2D eigenvalue weighted by Gasteiger charge is -2.11. The Bertz CT molecular complexity index is 568. The van der Waals surface area contributed by atoms with E-state index in [1.165, 1.54) is 11.3 Å². The smallest absolute Gasteiger partial charge is 0.314 e. The first kappa shape index (κ1) is 16.5. The fraction of sp³-hybridized carbons (Fsp3) is 0.467. The highest BCUT2D eigenvalue weighted by Gasteiger charge is 2.09. The van der Waals surface area contributed by atoms with Crippen LogP contribution in [0.5, 0.6) is 0 Å². The molecule has 2 aromatic heterocycles. The summed E-state index contributed by atoms with van der Waals surface area (Å²) in [6.07, 6.45) is 4.98. The predicted molar refractivity (Wildman–Crippen MR) is 86.9 cm³/mol. The number of carbonyl (C=O) groups is 1. The summed E-state index contributed by atoms with van der Waals surface area (Å²) in [6.45, 7) is 3.72. The molecule has 0 saturated carbocycles. The van der Waals surface area contributed by atoms with Crippen molar-refractivity contribution in [2.45, 2.75) is 32.4 Å². The molecule has 22 heavy (non-hydrogen) atoms. The fourth-order valence-electron chi connectivity index (χ4n) is 2.08. The van der Waals surface area contributed by atoms with E-state index < -0.39 is 6.10 Å². The third kappa shape index (κ3) is 5.16. The number of thiophene rings is 1. The second kappa shape index (κ2) is 8.55. The summed E-state index contributed by atoms with van der Waals surface area (Å²) >= 11 is 1.53. The maximum atomic E-state index is 11.6. The van der Waals surface area contributed by atoms with Gasteiger partial charge in [-0.3, -0.25) is 0 Å². The van der Waals surface area contributed by atoms with Crippen molar-refractivity contribution in [2.75, 3.05) is 13.1 Å². The molecule has 0 radical (unpaired) electrons. The minimum absolute atomic E-state index is 0.219. The van der Waals surface area contributed by atoms with Gasteiger partial charge in [0.05, 0.1) is 6.10 Å². The highest BCUT2D eigenvalue weighted by atomic mass is 32.1. The molecule has 2 aromatic rings. The zero-order valence-corrected chi connectivity index (χ0v) is 13.5. The number of rotatable bonds is 8. The maximum absolute atomic E-state index is 11.6. The molecule has 0 aliphatic heterocycles. The molecule has 0 spiro atoms. The maximum Gasteiger partial charge on any atom is 0.314 e. The van der Waals surface area contributed by atoms with Gasteiger partial charge in [0.15, 0.2) is 0 Å². The van der Waals surface area contributed by atoms with Crippen molar-refractivity contribution >= 4 is 17.4 Å². The van der Waals surface area contributed by atoms with E-state index in [1.54, 1.807) is 6.20 Å². The number of aliphatic hydroxyl groups excluding tert-OH is 1. The summed E-state index contributed by atoms with van der Waals surface area (Å²) in [7, 11) is 0. The van der Waals surface area contributed by atoms with Crippen molar-refractivity contribution in [1.82, 2.24) is 20.2 Å². The van der Waals surface area contributed by atoms with E-state index in [0.29, 0.717) is 6.54 Å². The Morgan fingerprint density at radius 3 is 3.00 bits per heavy atom. The zero-order valence-electron chi connectivity index (χ0n) is 12.7. The molecule has 1 atom stereocenters. The summed E-state index contributed by atoms with van der Waals surface area (Å²) in [5.74, 6) is 1.01. The average Bonchev–Trinajstić information content (AvgIpc) is 3.16. The summed E-state index contributed by atoms with van der Waals surface area (Å²) in [5.41, 5.74) is 0.834. The lowest BCUT2D eigenvalue weighted by molar-refractivity contribution is 0.173. The number of nitrogens with one attached hydrogen (secondary N) is 2. The predicted octanol–water partition coefficient (Wildman–Crippen LogP) is 2.07. The van der Waals surface area contributed by atoms with Crippen LogP contribution in [0.15, 0.2) is 29.2 Å². The minimum Gasteiger partial charge on any atom is -0.387 e. The highest BCUT2D eigenvalue weighted by molar-refractivity contribution is 7.07. The van der Waals surface area contributed by atoms with Gasteiger partial charge in [0.1, 0.15) is 5.82 Å². The summed E-state index contributed by atoms with van der Waals surface area (Å²) in [6, 6.07) is 1.61. The van der Waals surface area contributed by atoms with Crippen LogP contribution in [0.25, 0.3) is 0 Å². The van der Waals surface area contributed by atoms with Gasteiger partial charge in [0, 0.05) is 32.0 Å². The molecule has 1 unspecified atom stereocenters. The second-order valence-electron chi connectivity index (χ2n) is 5.08. The fourth-order valence-corrected chi connectivity index (χ4v) is 2.79. The third-order valence-corrected chi connectivity index (χ3v) is 4.12. The Labute approximate surface area is 134 Å². The number of aliphatic hydroxyl groups is 1. The molecule has 2 rings (SSSR count). The van der Waals surface area contributed by atoms with Gasteiger partial charge in [-0.25, -0.2) is 9.78 Å². The molecule has 0 bridgehead atoms. The number of hydrogen-bond acceptors (Lipinski definition) is 4. The molecule has 0 aliphatic carbocycles. The van der Waals surface area contributed by atoms with Crippen molar-refractivity contribution in [3.63, 3.8) is 0 Å². The number of aryl methyl sites for hydroxylation is 2. The van der Waals surface area contributed by atoms with Gasteiger partial charge in [-0.05, 0) is 42.2 Å². The van der Waals surface area contributed by atoms with Crippen LogP contribution in [0.2, 0.25) is 0 Å². The lowest BCUT2D eigenvalue weighted by atomic mass is 10.2. The Morgan fingerprint density at radius 1 is 1.45 bits per heavy atom. The second-order valence-corrected chi connectivity index (χ2v) is 5.86. The van der Waals surface area contributed by atoms with Gasteiger partial charge in [-0.2, -0.15) is 11.3 Å². The van der Waals surface area contributed by atoms with Crippen molar-refractivity contribution in [3.8, 4) is 0 Å². The van der Waals surface area contributed by atoms with Gasteiger partial charge >= 0.3 is 6.03 Å². The molecular formula is C15H22N4O2S. The lowest BCUT2D eigenvalue weighted by Crippen LogP contribution is -2.38. The standard InChI is InChI=1S/C15H22N4O2S/c1-12-16-6-8-19(12)7-3-2-5-17-15(21)18-10-14(20)13-4-9-22-11-13/h4,6,8-9,11,14,20H,2-3,5,7,10H2,1H3,(H2,17,18,21). The first-order valence-electron chi connectivity index (χ1n) is 7.36. The molecule has 0 aliphatic rings. The van der Waals surface area contributed by atoms with Crippen LogP contribution in [0.4, 0.5) is 4.79 Å². The topological polar surface area (TPSA) is 79.2 Å². The van der Waals surface area contributed by atoms with E-state index in [2.05, 4.69) is 20.2 Å². The molecule has 2 heterocycles. The summed E-state index contributed by atoms with van der Waals surface area (Å²) in [4.78, 5) is 15.8. The number of carbonyl (C=O) groups excluding carboxylic acids is 1. The molecule has 0 saturated heterocycles. The van der Waals surface area contributed by atoms with E-state index in [-0.39, 0.29) is 12.6 Å². The Kier molecular flexibility index (Phi) is 6.42. The van der Waals surface area contributed by atoms with Crippen molar-refractivity contribution in [2.24, 2.45) is 0 Å². The van der Waals surface area contributed by atoms with Gasteiger partial charge in [0.25, 0.3) is 0 Å². The van der Waals surface area contributed by atoms with Gasteiger partial charge < -0.3 is 20.3 Å². The van der Waals surface area contributed by atoms with E-state index >= 15 is 0 Å². The Balaban J connectivity index is 1.53. The normalized spacial score (nSPS) is 12.1. The quantitative estimate of drug-likeness (QED) is 0.651. The van der Waals surface area contributed by atoms with Crippen molar-refractivity contribution in [1.29, 1.82) is 0 Å². The molecule has 6 nitrogen and oxygen atoms in total. The number of hydrogen-bond donors (Lipinski definition) is 3. The van der Waals surface area contributed by atoms with Crippen LogP contribution in [0, 0.1) is 6.92 Å². The Morgan fingerprint density at radius 2 is 2.32 bits per heavy atom. The zero-order chi connectivity index (χ0) is 15.8. The molecule has 0 fully saturated rings. The summed E-state index contributed by atoms with van der Waals surface area (Å²) in [5, 5.41) is 19.1. The first-order valence-corrected chi connectivity index (χ1v) is 8.30. The number of imidazole rings is 1. The molecular weight excluding hydrogens is 300 g/mol. The largest absolute Gasteiger partial charge is 0.387 e. The van der Waals surface area contributed by atoms with E-state index in [1.807, 2.05) is 29.9 Å². The number of nitrogens with zero attached hydrogens (tertiary/aromatic N) is 2. The summed E-state index contributed by atoms with van der Waals surface area (Å²) < 4.78 is 2.09. The molecule has 2 amide bonds. The molecule has 7 heteroatoms. The van der Waals surface area contributed by atoms with Crippen LogP contribution < -0.4 is 10.6 Å². The van der Waals surface area contributed by atoms with Gasteiger partial charge in [0.2, 0.25) is 0 Å². The van der Waals surface area contributed by atoms with Crippen LogP contribution in [-0.2, 0) is 6.54 Å². The van der Waals surface area contributed by atoms with Crippen LogP contribution in [0.1, 0.15) is 30.3 Å². The highest BCUT2D eigenvalue weighted by Crippen LogP contribution is 2.14. The third-order valence-electron chi connectivity index (χ3n) is 3.42. The van der Waals surface area contributed by atoms with Crippen molar-refractivity contribution in [3.05, 3.63) is 40.6 Å². The molecule has 120 valence electrons. The van der Waals surface area contributed by atoms with Crippen LogP contribution in [0.3, 0.4) is 0 Å². The minimum atomic E-state index is -0.652. The van der Waals surface area contributed by atoms with Gasteiger partial charge in [-0.15, -0.1) is 0 Å². The monoisotopic (exact) mass is 322 g/mol. The SMILES string of the molecule is Cc1nccn1CCCCNC(=O)NCC(O)c1ccsc1. The average molecular weight is 322 g/mol. The van der Waals surface area contributed by atoms with E-state index in [9.17, 15) is 9.90 Å². The van der Waals surface area contributed by atoms with Gasteiger partial charge in [-0.1, -0.05) is 0 Å². The molecule has 0 aromatic carbocycles. The number of urea groups is 1. The number of amides is 2. The number of unbranched alkanes of at least 4 members (excludes halogenated alkanes) is 1.